The predicted octanol–water partition coefficient (Wildman–Crippen LogP) is 1.82. The lowest BCUT2D eigenvalue weighted by molar-refractivity contribution is -0.126. The molecule has 0 spiro atoms. The molecule has 118 valence electrons. The summed E-state index contributed by atoms with van der Waals surface area (Å²) in [5.74, 6) is 0.157. The summed E-state index contributed by atoms with van der Waals surface area (Å²) < 4.78 is 0. The van der Waals surface area contributed by atoms with Crippen LogP contribution in [-0.2, 0) is 11.2 Å². The van der Waals surface area contributed by atoms with E-state index in [2.05, 4.69) is 46.5 Å². The Morgan fingerprint density at radius 2 is 1.90 bits per heavy atom. The molecular formula is C16H27N3OS. The molecule has 21 heavy (non-hydrogen) atoms. The zero-order valence-corrected chi connectivity index (χ0v) is 14.2. The van der Waals surface area contributed by atoms with Gasteiger partial charge in [0.05, 0.1) is 6.04 Å². The second-order valence-electron chi connectivity index (χ2n) is 5.96. The summed E-state index contributed by atoms with van der Waals surface area (Å²) in [6, 6.07) is 4.74. The number of hydrogen-bond donors (Lipinski definition) is 1. The molecule has 0 aliphatic carbocycles. The Kier molecular flexibility index (Phi) is 6.21. The molecule has 1 aliphatic rings. The van der Waals surface area contributed by atoms with Crippen LogP contribution in [0.2, 0.25) is 0 Å². The summed E-state index contributed by atoms with van der Waals surface area (Å²) >= 11 is 1.75. The predicted molar refractivity (Wildman–Crippen MR) is 88.8 cm³/mol. The maximum Gasteiger partial charge on any atom is 0.237 e. The standard InChI is InChI=1S/C16H27N3OS/c1-13(2)18-8-10-19(11-9-18)14(3)16(20)17-7-6-15-5-4-12-21-15/h4-5,12-14H,6-11H2,1-3H3,(H,17,20). The Balaban J connectivity index is 1.70. The molecule has 0 radical (unpaired) electrons. The van der Waals surface area contributed by atoms with Gasteiger partial charge in [-0.25, -0.2) is 0 Å². The molecule has 0 aromatic carbocycles. The number of piperazine rings is 1. The Bertz CT molecular complexity index is 425. The van der Waals surface area contributed by atoms with Crippen LogP contribution >= 0.6 is 11.3 Å². The maximum atomic E-state index is 12.2. The van der Waals surface area contributed by atoms with Gasteiger partial charge in [-0.05, 0) is 38.6 Å². The number of nitrogens with zero attached hydrogens (tertiary/aromatic N) is 2. The highest BCUT2D eigenvalue weighted by Gasteiger charge is 2.25. The van der Waals surface area contributed by atoms with Gasteiger partial charge in [-0.2, -0.15) is 0 Å². The van der Waals surface area contributed by atoms with Crippen molar-refractivity contribution < 1.29 is 4.79 Å². The van der Waals surface area contributed by atoms with Crippen LogP contribution in [0.5, 0.6) is 0 Å². The summed E-state index contributed by atoms with van der Waals surface area (Å²) in [6.07, 6.45) is 0.928. The van der Waals surface area contributed by atoms with E-state index in [0.29, 0.717) is 6.04 Å². The van der Waals surface area contributed by atoms with Gasteiger partial charge in [0.25, 0.3) is 0 Å². The minimum atomic E-state index is -0.0253. The van der Waals surface area contributed by atoms with Crippen LogP contribution in [0.1, 0.15) is 25.6 Å². The molecule has 1 aromatic rings. The van der Waals surface area contributed by atoms with Crippen molar-refractivity contribution in [1.29, 1.82) is 0 Å². The van der Waals surface area contributed by atoms with Gasteiger partial charge in [0.2, 0.25) is 5.91 Å². The van der Waals surface area contributed by atoms with Crippen LogP contribution in [0.25, 0.3) is 0 Å². The summed E-state index contributed by atoms with van der Waals surface area (Å²) in [6.45, 7) is 11.3. The van der Waals surface area contributed by atoms with Crippen LogP contribution in [-0.4, -0.2) is 60.5 Å². The van der Waals surface area contributed by atoms with E-state index in [4.69, 9.17) is 0 Å². The average molecular weight is 309 g/mol. The number of amides is 1. The zero-order valence-electron chi connectivity index (χ0n) is 13.3. The lowest BCUT2D eigenvalue weighted by atomic mass is 10.2. The average Bonchev–Trinajstić information content (AvgIpc) is 2.99. The molecule has 1 saturated heterocycles. The summed E-state index contributed by atoms with van der Waals surface area (Å²) in [5, 5.41) is 5.14. The molecule has 1 amide bonds. The van der Waals surface area contributed by atoms with Gasteiger partial charge in [0, 0.05) is 43.6 Å². The van der Waals surface area contributed by atoms with Gasteiger partial charge in [-0.3, -0.25) is 14.6 Å². The third kappa shape index (κ3) is 4.80. The largest absolute Gasteiger partial charge is 0.354 e. The van der Waals surface area contributed by atoms with Crippen LogP contribution in [0.4, 0.5) is 0 Å². The molecule has 1 unspecified atom stereocenters. The minimum Gasteiger partial charge on any atom is -0.354 e. The van der Waals surface area contributed by atoms with Crippen molar-refractivity contribution >= 4 is 17.2 Å². The monoisotopic (exact) mass is 309 g/mol. The molecular weight excluding hydrogens is 282 g/mol. The Morgan fingerprint density at radius 1 is 1.24 bits per heavy atom. The van der Waals surface area contributed by atoms with Gasteiger partial charge >= 0.3 is 0 Å². The molecule has 1 aromatic heterocycles. The highest BCUT2D eigenvalue weighted by Crippen LogP contribution is 2.10. The molecule has 2 rings (SSSR count). The summed E-state index contributed by atoms with van der Waals surface area (Å²) in [7, 11) is 0. The normalized spacial score (nSPS) is 18.9. The first-order chi connectivity index (χ1) is 10.1. The van der Waals surface area contributed by atoms with Gasteiger partial charge in [-0.15, -0.1) is 11.3 Å². The number of thiophene rings is 1. The van der Waals surface area contributed by atoms with Gasteiger partial charge in [-0.1, -0.05) is 6.07 Å². The van der Waals surface area contributed by atoms with E-state index < -0.39 is 0 Å². The SMILES string of the molecule is CC(C)N1CCN(C(C)C(=O)NCCc2cccs2)CC1. The highest BCUT2D eigenvalue weighted by atomic mass is 32.1. The molecule has 2 heterocycles. The second kappa shape index (κ2) is 7.92. The van der Waals surface area contributed by atoms with E-state index in [-0.39, 0.29) is 11.9 Å². The molecule has 1 N–H and O–H groups in total. The van der Waals surface area contributed by atoms with Crippen LogP contribution in [0.15, 0.2) is 17.5 Å². The smallest absolute Gasteiger partial charge is 0.237 e. The van der Waals surface area contributed by atoms with Crippen LogP contribution < -0.4 is 5.32 Å². The molecule has 1 fully saturated rings. The third-order valence-corrected chi connectivity index (χ3v) is 5.19. The van der Waals surface area contributed by atoms with Gasteiger partial charge in [0.15, 0.2) is 0 Å². The Hall–Kier alpha value is -0.910. The van der Waals surface area contributed by atoms with Gasteiger partial charge in [0.1, 0.15) is 0 Å². The fourth-order valence-corrected chi connectivity index (χ4v) is 3.43. The quantitative estimate of drug-likeness (QED) is 0.871. The maximum absolute atomic E-state index is 12.2. The molecule has 0 bridgehead atoms. The van der Waals surface area contributed by atoms with Crippen molar-refractivity contribution in [2.45, 2.75) is 39.3 Å². The van der Waals surface area contributed by atoms with E-state index in [1.807, 2.05) is 6.92 Å². The molecule has 0 saturated carbocycles. The third-order valence-electron chi connectivity index (χ3n) is 4.26. The fourth-order valence-electron chi connectivity index (χ4n) is 2.72. The molecule has 1 aliphatic heterocycles. The van der Waals surface area contributed by atoms with E-state index in [1.165, 1.54) is 4.88 Å². The fraction of sp³-hybridized carbons (Fsp3) is 0.688. The molecule has 5 heteroatoms. The van der Waals surface area contributed by atoms with Crippen molar-refractivity contribution in [3.8, 4) is 0 Å². The minimum absolute atomic E-state index is 0.0253. The van der Waals surface area contributed by atoms with E-state index in [0.717, 1.165) is 39.1 Å². The number of carbonyl (C=O) groups is 1. The van der Waals surface area contributed by atoms with Crippen molar-refractivity contribution in [3.63, 3.8) is 0 Å². The van der Waals surface area contributed by atoms with Gasteiger partial charge < -0.3 is 5.32 Å². The zero-order chi connectivity index (χ0) is 15.2. The van der Waals surface area contributed by atoms with Crippen molar-refractivity contribution in [2.75, 3.05) is 32.7 Å². The first-order valence-electron chi connectivity index (χ1n) is 7.86. The van der Waals surface area contributed by atoms with Crippen molar-refractivity contribution in [3.05, 3.63) is 22.4 Å². The Morgan fingerprint density at radius 3 is 2.48 bits per heavy atom. The summed E-state index contributed by atoms with van der Waals surface area (Å²) in [5.41, 5.74) is 0. The van der Waals surface area contributed by atoms with E-state index in [1.54, 1.807) is 11.3 Å². The second-order valence-corrected chi connectivity index (χ2v) is 6.99. The number of carbonyl (C=O) groups excluding carboxylic acids is 1. The lowest BCUT2D eigenvalue weighted by Crippen LogP contribution is -2.55. The molecule has 1 atom stereocenters. The first-order valence-corrected chi connectivity index (χ1v) is 8.74. The Labute approximate surface area is 132 Å². The van der Waals surface area contributed by atoms with E-state index in [9.17, 15) is 4.79 Å². The highest BCUT2D eigenvalue weighted by molar-refractivity contribution is 7.09. The topological polar surface area (TPSA) is 35.6 Å². The van der Waals surface area contributed by atoms with Crippen molar-refractivity contribution in [2.24, 2.45) is 0 Å². The van der Waals surface area contributed by atoms with Crippen molar-refractivity contribution in [1.82, 2.24) is 15.1 Å². The van der Waals surface area contributed by atoms with Crippen LogP contribution in [0.3, 0.4) is 0 Å². The first kappa shape index (κ1) is 16.5. The lowest BCUT2D eigenvalue weighted by Gasteiger charge is -2.39. The number of nitrogens with one attached hydrogen (secondary N) is 1. The number of rotatable bonds is 6. The number of hydrogen-bond acceptors (Lipinski definition) is 4. The van der Waals surface area contributed by atoms with Crippen LogP contribution in [0, 0.1) is 0 Å². The molecule has 4 nitrogen and oxygen atoms in total. The summed E-state index contributed by atoms with van der Waals surface area (Å²) in [4.78, 5) is 18.3. The van der Waals surface area contributed by atoms with E-state index >= 15 is 0 Å².